The molecule has 0 unspecified atom stereocenters. The summed E-state index contributed by atoms with van der Waals surface area (Å²) in [4.78, 5) is 18.9. The van der Waals surface area contributed by atoms with Crippen LogP contribution in [0.15, 0.2) is 164 Å². The average Bonchev–Trinajstić information content (AvgIpc) is 1.06. The predicted octanol–water partition coefficient (Wildman–Crippen LogP) is 17.7. The van der Waals surface area contributed by atoms with Crippen molar-refractivity contribution in [2.75, 3.05) is 0 Å². The van der Waals surface area contributed by atoms with E-state index in [9.17, 15) is 110 Å². The van der Waals surface area contributed by atoms with Gasteiger partial charge < -0.3 is 0 Å². The second kappa shape index (κ2) is 37.9. The van der Waals surface area contributed by atoms with E-state index >= 15 is 0 Å². The van der Waals surface area contributed by atoms with Crippen LogP contribution in [0.2, 0.25) is 0 Å². The standard InChI is InChI=1S/C31H23OS2.4C6H.4C2F6.Ga.4H2/c32-31(24-10-4-1-5-11-24)25-16-18-26(19-17-25)33-27-20-22-30(23-21-27)34(28-12-6-2-7-13-28)29-14-8-3-9-15-29;4*1-3-5-6-4-2;4*3-1(4,5)2(6,7)8;;;;;/h1-23H;4*1H;;;;;;4*1H/q+1;;;;;;;;;-1;;;;. The molecule has 476 valence electrons. The van der Waals surface area contributed by atoms with E-state index in [1.54, 1.807) is 11.8 Å². The number of hydrogen-bond acceptors (Lipinski definition) is 2. The smallest absolute Gasteiger partial charge is 0.289 e. The fourth-order valence-electron chi connectivity index (χ4n) is 4.79. The molecule has 0 N–H and O–H groups in total. The second-order valence-electron chi connectivity index (χ2n) is 15.2. The minimum absolute atomic E-state index is 0. The molecule has 5 aromatic carbocycles. The molecule has 28 heteroatoms. The topological polar surface area (TPSA) is 17.1 Å². The molecule has 0 aliphatic rings. The Labute approximate surface area is 520 Å². The summed E-state index contributed by atoms with van der Waals surface area (Å²) in [5, 5.41) is 0. The van der Waals surface area contributed by atoms with E-state index in [0.29, 0.717) is 11.1 Å². The van der Waals surface area contributed by atoms with Crippen LogP contribution in [-0.2, 0) is 10.9 Å². The Morgan fingerprint density at radius 2 is 0.527 bits per heavy atom. The summed E-state index contributed by atoms with van der Waals surface area (Å²) in [6.45, 7) is 0. The third-order valence-electron chi connectivity index (χ3n) is 8.63. The summed E-state index contributed by atoms with van der Waals surface area (Å²) in [6.07, 6.45) is -28.3. The first-order chi connectivity index (χ1) is 42.0. The first kappa shape index (κ1) is 81.1. The second-order valence-corrected chi connectivity index (χ2v) is 24.5. The fourth-order valence-corrected chi connectivity index (χ4v) is 11.0. The van der Waals surface area contributed by atoms with Gasteiger partial charge in [-0.2, -0.15) is 105 Å². The van der Waals surface area contributed by atoms with Crippen LogP contribution < -0.4 is 0 Å². The van der Waals surface area contributed by atoms with Gasteiger partial charge in [-0.25, -0.2) is 0 Å². The molecule has 1 nitrogen and oxygen atoms in total. The number of alkyl halides is 24. The average molecular weight is 1400 g/mol. The first-order valence-corrected chi connectivity index (χ1v) is 29.8. The van der Waals surface area contributed by atoms with Gasteiger partial charge in [0.1, 0.15) is 0 Å². The van der Waals surface area contributed by atoms with Crippen LogP contribution in [0.3, 0.4) is 0 Å². The van der Waals surface area contributed by atoms with Crippen LogP contribution in [0.4, 0.5) is 105 Å². The van der Waals surface area contributed by atoms with Crippen molar-refractivity contribution in [3.8, 4) is 138 Å². The van der Waals surface area contributed by atoms with E-state index in [1.165, 1.54) is 19.6 Å². The quantitative estimate of drug-likeness (QED) is 0.0531. The largest absolute Gasteiger partial charge is 0.487 e. The van der Waals surface area contributed by atoms with Crippen molar-refractivity contribution in [3.63, 3.8) is 0 Å². The number of halogens is 24. The molecule has 0 heterocycles. The van der Waals surface area contributed by atoms with Gasteiger partial charge in [-0.3, -0.25) is 4.79 Å². The van der Waals surface area contributed by atoms with Crippen molar-refractivity contribution in [1.29, 1.82) is 0 Å². The van der Waals surface area contributed by atoms with E-state index in [2.05, 4.69) is 198 Å². The number of hydrogen-bond donors (Lipinski definition) is 0. The van der Waals surface area contributed by atoms with Crippen molar-refractivity contribution >= 4 is 43.5 Å². The molecule has 5 aromatic rings. The summed E-state index contributed by atoms with van der Waals surface area (Å²) >= 11 is -2.20. The van der Waals surface area contributed by atoms with Crippen LogP contribution >= 0.6 is 11.8 Å². The van der Waals surface area contributed by atoms with Crippen LogP contribution in [0.1, 0.15) is 21.6 Å². The van der Waals surface area contributed by atoms with Crippen molar-refractivity contribution in [2.45, 2.75) is 73.9 Å². The van der Waals surface area contributed by atoms with Gasteiger partial charge in [0.05, 0.1) is 10.9 Å². The Morgan fingerprint density at radius 3 is 0.769 bits per heavy atom. The van der Waals surface area contributed by atoms with E-state index in [4.69, 9.17) is 25.7 Å². The summed E-state index contributed by atoms with van der Waals surface area (Å²) in [5.74, 6) is 38.6. The van der Waals surface area contributed by atoms with Crippen molar-refractivity contribution in [2.24, 2.45) is 0 Å². The normalized spacial score (nSPS) is 10.5. The summed E-state index contributed by atoms with van der Waals surface area (Å²) in [6, 6.07) is 47.5. The zero-order valence-corrected chi connectivity index (χ0v) is 48.5. The SMILES string of the molecule is C#CC#CC#[C][Ga-]([C]#CC#CC#C)([C]#CC#CC#C)[C]#CC#CC#C.FC(F)(F)C(F)(F)F.FC(F)(F)C(F)(F)F.FC(F)(F)C(F)(F)F.FC(F)(F)C(F)(F)F.O=C(c1ccccc1)c1ccc(Sc2ccc([S+](c3ccccc3)c3ccccc3)cc2)cc1.[HH].[HH].[HH].[HH]. The Hall–Kier alpha value is -9.85. The molecule has 0 fully saturated rings. The molecule has 0 aliphatic heterocycles. The zero-order chi connectivity index (χ0) is 69.8. The molecule has 0 amide bonds. The Bertz CT molecular complexity index is 3520. The number of carbonyl (C=O) groups is 1. The zero-order valence-electron chi connectivity index (χ0n) is 44.5. The van der Waals surface area contributed by atoms with Gasteiger partial charge in [0.2, 0.25) is 0 Å². The van der Waals surface area contributed by atoms with Crippen molar-refractivity contribution in [1.82, 2.24) is 0 Å². The van der Waals surface area contributed by atoms with Crippen LogP contribution in [0.5, 0.6) is 0 Å². The number of ketones is 1. The number of rotatable bonds is 7. The van der Waals surface area contributed by atoms with Crippen molar-refractivity contribution in [3.05, 3.63) is 151 Å². The molecule has 5 rings (SSSR count). The van der Waals surface area contributed by atoms with Gasteiger partial charge in [-0.1, -0.05) is 78.5 Å². The minimum Gasteiger partial charge on any atom is -0.289 e. The van der Waals surface area contributed by atoms with Gasteiger partial charge in [0.15, 0.2) is 20.5 Å². The molecule has 0 bridgehead atoms. The van der Waals surface area contributed by atoms with Gasteiger partial charge in [-0.05, 0) is 72.8 Å². The maximum Gasteiger partial charge on any atom is 0.487 e. The van der Waals surface area contributed by atoms with Gasteiger partial charge >= 0.3 is 203 Å². The maximum atomic E-state index is 12.6. The molecule has 91 heavy (non-hydrogen) atoms. The summed E-state index contributed by atoms with van der Waals surface area (Å²) in [5.41, 5.74) is 1.42. The molecule has 0 atom stereocenters. The molecular weight excluding hydrogens is 1360 g/mol. The van der Waals surface area contributed by atoms with Crippen LogP contribution in [-0.4, -0.2) is 70.2 Å². The summed E-state index contributed by atoms with van der Waals surface area (Å²) < 4.78 is 262. The molecule has 0 aromatic heterocycles. The minimum atomic E-state index is -6.06. The Kier molecular flexibility index (Phi) is 33.8. The number of benzene rings is 5. The van der Waals surface area contributed by atoms with E-state index in [1.807, 2.05) is 54.6 Å². The number of carbonyl (C=O) groups excluding carboxylic acids is 1. The first-order valence-electron chi connectivity index (χ1n) is 22.9. The maximum absolute atomic E-state index is 12.6. The molecule has 0 saturated carbocycles. The van der Waals surface area contributed by atoms with E-state index in [0.717, 1.165) is 4.90 Å². The van der Waals surface area contributed by atoms with Gasteiger partial charge in [0, 0.05) is 26.6 Å². The number of terminal acetylenes is 4. The molecule has 0 spiro atoms. The molecule has 0 saturated heterocycles. The van der Waals surface area contributed by atoms with E-state index < -0.39 is 64.4 Å². The Morgan fingerprint density at radius 1 is 0.308 bits per heavy atom. The van der Waals surface area contributed by atoms with Gasteiger partial charge in [0.25, 0.3) is 0 Å². The van der Waals surface area contributed by atoms with Crippen LogP contribution in [0.25, 0.3) is 0 Å². The molecule has 0 aliphatic carbocycles. The predicted molar refractivity (Wildman–Crippen MR) is 302 cm³/mol. The molecular formula is C63H35F24GaOS2. The van der Waals surface area contributed by atoms with Gasteiger partial charge in [-0.15, -0.1) is 0 Å². The van der Waals surface area contributed by atoms with Crippen molar-refractivity contribution < 1.29 is 116 Å². The van der Waals surface area contributed by atoms with Crippen LogP contribution in [0, 0.1) is 138 Å². The third-order valence-corrected chi connectivity index (χ3v) is 16.7. The van der Waals surface area contributed by atoms with E-state index in [-0.39, 0.29) is 22.4 Å². The fraction of sp³-hybridized carbons (Fsp3) is 0.127. The molecule has 0 radical (unpaired) electrons. The monoisotopic (exact) mass is 1400 g/mol. The third kappa shape index (κ3) is 32.8. The Balaban J connectivity index is -0.000000386. The summed E-state index contributed by atoms with van der Waals surface area (Å²) in [7, 11) is -0.143.